The molecule has 1 fully saturated rings. The molecule has 10 heteroatoms. The molecule has 9 nitrogen and oxygen atoms in total. The molecular weight excluding hydrogens is 301 g/mol. The maximum Gasteiger partial charge on any atom is 0.351 e. The van der Waals surface area contributed by atoms with Crippen LogP contribution in [0.3, 0.4) is 0 Å². The van der Waals surface area contributed by atoms with E-state index in [4.69, 9.17) is 14.7 Å². The number of aliphatic hydroxyl groups is 1. The van der Waals surface area contributed by atoms with Crippen LogP contribution in [0.15, 0.2) is 17.1 Å². The number of hydrogen-bond donors (Lipinski definition) is 3. The molecule has 2 rings (SSSR count). The number of nitrogens with one attached hydrogen (secondary N) is 1. The Labute approximate surface area is 124 Å². The first-order valence-electron chi connectivity index (χ1n) is 6.53. The largest absolute Gasteiger partial charge is 0.457 e. The van der Waals surface area contributed by atoms with Crippen LogP contribution in [0.2, 0.25) is 0 Å². The number of alkyl halides is 1. The van der Waals surface area contributed by atoms with Crippen LogP contribution in [-0.4, -0.2) is 50.8 Å². The molecule has 1 saturated heterocycles. The first-order valence-corrected chi connectivity index (χ1v) is 6.53. The average Bonchev–Trinajstić information content (AvgIpc) is 2.85. The zero-order chi connectivity index (χ0) is 16.3. The van der Waals surface area contributed by atoms with E-state index in [1.54, 1.807) is 5.48 Å². The number of carbonyl (C=O) groups excluding carboxylic acids is 1. The summed E-state index contributed by atoms with van der Waals surface area (Å²) in [5.41, 5.74) is 0.977. The molecule has 0 bridgehead atoms. The van der Waals surface area contributed by atoms with E-state index < -0.39 is 42.9 Å². The summed E-state index contributed by atoms with van der Waals surface area (Å²) in [6, 6.07) is 1.31. The summed E-state index contributed by atoms with van der Waals surface area (Å²) in [5.74, 6) is -0.726. The number of carbonyl (C=O) groups is 1. The summed E-state index contributed by atoms with van der Waals surface area (Å²) in [5, 5.41) is 17.9. The topological polar surface area (TPSA) is 123 Å². The molecule has 0 amide bonds. The predicted molar refractivity (Wildman–Crippen MR) is 70.0 cm³/mol. The second kappa shape index (κ2) is 6.81. The van der Waals surface area contributed by atoms with Crippen LogP contribution in [0, 0.1) is 0 Å². The first kappa shape index (κ1) is 16.3. The number of ether oxygens (including phenoxy) is 2. The highest BCUT2D eigenvalue weighted by atomic mass is 19.1. The van der Waals surface area contributed by atoms with Crippen LogP contribution in [0.4, 0.5) is 10.2 Å². The first-order chi connectivity index (χ1) is 10.5. The van der Waals surface area contributed by atoms with Gasteiger partial charge in [0, 0.05) is 19.5 Å². The Bertz CT molecular complexity index is 594. The molecule has 2 heterocycles. The van der Waals surface area contributed by atoms with E-state index in [0.717, 1.165) is 11.5 Å². The minimum Gasteiger partial charge on any atom is -0.457 e. The molecule has 1 aliphatic heterocycles. The van der Waals surface area contributed by atoms with Crippen LogP contribution < -0.4 is 11.2 Å². The number of aliphatic hydroxyl groups excluding tert-OH is 1. The monoisotopic (exact) mass is 317 g/mol. The molecule has 0 aliphatic carbocycles. The minimum absolute atomic E-state index is 0.0549. The summed E-state index contributed by atoms with van der Waals surface area (Å²) >= 11 is 0. The molecule has 22 heavy (non-hydrogen) atoms. The van der Waals surface area contributed by atoms with Gasteiger partial charge in [0.05, 0.1) is 6.61 Å². The zero-order valence-electron chi connectivity index (χ0n) is 11.7. The summed E-state index contributed by atoms with van der Waals surface area (Å²) in [6.07, 6.45) is -3.68. The van der Waals surface area contributed by atoms with Crippen molar-refractivity contribution in [2.75, 3.05) is 12.1 Å². The molecule has 4 atom stereocenters. The van der Waals surface area contributed by atoms with Gasteiger partial charge in [-0.15, -0.1) is 0 Å². The Morgan fingerprint density at radius 2 is 2.45 bits per heavy atom. The highest BCUT2D eigenvalue weighted by Crippen LogP contribution is 2.32. The van der Waals surface area contributed by atoms with E-state index in [0.29, 0.717) is 0 Å². The number of esters is 1. The van der Waals surface area contributed by atoms with Gasteiger partial charge in [-0.2, -0.15) is 4.98 Å². The second-order valence-corrected chi connectivity index (χ2v) is 4.75. The third kappa shape index (κ3) is 3.40. The number of rotatable bonds is 5. The second-order valence-electron chi connectivity index (χ2n) is 4.75. The van der Waals surface area contributed by atoms with Crippen molar-refractivity contribution in [3.63, 3.8) is 0 Å². The van der Waals surface area contributed by atoms with Gasteiger partial charge in [-0.3, -0.25) is 20.0 Å². The van der Waals surface area contributed by atoms with Crippen molar-refractivity contribution in [1.29, 1.82) is 0 Å². The highest BCUT2D eigenvalue weighted by molar-refractivity contribution is 5.66. The maximum atomic E-state index is 14.1. The van der Waals surface area contributed by atoms with Crippen molar-refractivity contribution in [2.24, 2.45) is 0 Å². The minimum atomic E-state index is -1.52. The van der Waals surface area contributed by atoms with Crippen LogP contribution >= 0.6 is 0 Å². The van der Waals surface area contributed by atoms with Crippen molar-refractivity contribution in [3.8, 4) is 0 Å². The molecule has 0 aromatic carbocycles. The van der Waals surface area contributed by atoms with E-state index in [1.165, 1.54) is 12.3 Å². The van der Waals surface area contributed by atoms with Crippen LogP contribution in [0.5, 0.6) is 0 Å². The molecule has 0 unspecified atom stereocenters. The van der Waals surface area contributed by atoms with Gasteiger partial charge in [0.2, 0.25) is 0 Å². The van der Waals surface area contributed by atoms with Crippen LogP contribution in [0.1, 0.15) is 19.6 Å². The summed E-state index contributed by atoms with van der Waals surface area (Å²) in [6.45, 7) is 0.537. The van der Waals surface area contributed by atoms with E-state index in [2.05, 4.69) is 4.98 Å². The Balaban J connectivity index is 2.16. The Hall–Kier alpha value is -2.04. The number of aromatic nitrogens is 2. The van der Waals surface area contributed by atoms with Gasteiger partial charge in [-0.25, -0.2) is 9.18 Å². The SMILES string of the molecule is CC(=O)O[C@@H](CO)[C@H]1O[C@@H](n2ccc(NO)nc2=O)C[C@@H]1F. The standard InChI is InChI=1S/C12H16FN3O6/c1-6(18)21-8(5-17)11-7(13)4-10(22-11)16-3-2-9(15-20)14-12(16)19/h2-3,7-8,10-11,17,20H,4-5H2,1H3,(H,14,15,19)/t7-,8-,10+,11-/m0/s1. The number of halogens is 1. The Morgan fingerprint density at radius 1 is 1.73 bits per heavy atom. The van der Waals surface area contributed by atoms with Gasteiger partial charge < -0.3 is 14.6 Å². The van der Waals surface area contributed by atoms with Gasteiger partial charge in [-0.1, -0.05) is 0 Å². The quantitative estimate of drug-likeness (QED) is 0.495. The smallest absolute Gasteiger partial charge is 0.351 e. The van der Waals surface area contributed by atoms with Crippen molar-refractivity contribution >= 4 is 11.8 Å². The lowest BCUT2D eigenvalue weighted by molar-refractivity contribution is -0.162. The fraction of sp³-hybridized carbons (Fsp3) is 0.583. The fourth-order valence-corrected chi connectivity index (χ4v) is 2.26. The number of nitrogens with zero attached hydrogens (tertiary/aromatic N) is 2. The maximum absolute atomic E-state index is 14.1. The summed E-state index contributed by atoms with van der Waals surface area (Å²) in [7, 11) is 0. The molecule has 0 saturated carbocycles. The molecule has 0 radical (unpaired) electrons. The molecule has 122 valence electrons. The van der Waals surface area contributed by atoms with E-state index in [-0.39, 0.29) is 12.2 Å². The average molecular weight is 317 g/mol. The lowest BCUT2D eigenvalue weighted by atomic mass is 10.1. The van der Waals surface area contributed by atoms with Crippen LogP contribution in [0.25, 0.3) is 0 Å². The molecule has 3 N–H and O–H groups in total. The Morgan fingerprint density at radius 3 is 3.00 bits per heavy atom. The van der Waals surface area contributed by atoms with Gasteiger partial charge >= 0.3 is 11.7 Å². The summed E-state index contributed by atoms with van der Waals surface area (Å²) in [4.78, 5) is 26.2. The van der Waals surface area contributed by atoms with Gasteiger partial charge in [-0.05, 0) is 6.07 Å². The molecular formula is C12H16FN3O6. The van der Waals surface area contributed by atoms with E-state index in [9.17, 15) is 19.1 Å². The third-order valence-electron chi connectivity index (χ3n) is 3.22. The van der Waals surface area contributed by atoms with Crippen LogP contribution in [-0.2, 0) is 14.3 Å². The lowest BCUT2D eigenvalue weighted by Gasteiger charge is -2.22. The van der Waals surface area contributed by atoms with E-state index >= 15 is 0 Å². The zero-order valence-corrected chi connectivity index (χ0v) is 11.7. The highest BCUT2D eigenvalue weighted by Gasteiger charge is 2.42. The predicted octanol–water partition coefficient (Wildman–Crippen LogP) is -0.406. The van der Waals surface area contributed by atoms with Gasteiger partial charge in [0.15, 0.2) is 11.9 Å². The third-order valence-corrected chi connectivity index (χ3v) is 3.22. The number of hydrogen-bond acceptors (Lipinski definition) is 8. The van der Waals surface area contributed by atoms with Crippen molar-refractivity contribution in [3.05, 3.63) is 22.7 Å². The molecule has 0 spiro atoms. The normalized spacial score (nSPS) is 25.7. The summed E-state index contributed by atoms with van der Waals surface area (Å²) < 4.78 is 25.3. The van der Waals surface area contributed by atoms with Crippen molar-refractivity contribution in [2.45, 2.75) is 38.0 Å². The lowest BCUT2D eigenvalue weighted by Crippen LogP contribution is -2.39. The molecule has 1 aliphatic rings. The van der Waals surface area contributed by atoms with Gasteiger partial charge in [0.25, 0.3) is 0 Å². The van der Waals surface area contributed by atoms with Crippen molar-refractivity contribution in [1.82, 2.24) is 9.55 Å². The molecule has 1 aromatic rings. The van der Waals surface area contributed by atoms with Gasteiger partial charge in [0.1, 0.15) is 18.5 Å². The van der Waals surface area contributed by atoms with Crippen molar-refractivity contribution < 1.29 is 29.0 Å². The van der Waals surface area contributed by atoms with E-state index in [1.807, 2.05) is 0 Å². The number of anilines is 1. The Kier molecular flexibility index (Phi) is 5.06. The fourth-order valence-electron chi connectivity index (χ4n) is 2.26. The molecule has 1 aromatic heterocycles.